The van der Waals surface area contributed by atoms with Crippen molar-refractivity contribution < 1.29 is 4.42 Å². The first-order valence-corrected chi connectivity index (χ1v) is 7.91. The lowest BCUT2D eigenvalue weighted by Gasteiger charge is -2.33. The fourth-order valence-corrected chi connectivity index (χ4v) is 2.80. The molecular weight excluding hydrogens is 310 g/mol. The monoisotopic (exact) mass is 329 g/mol. The Morgan fingerprint density at radius 1 is 1.30 bits per heavy atom. The Balaban J connectivity index is 1.87. The van der Waals surface area contributed by atoms with Crippen molar-refractivity contribution >= 4 is 22.5 Å². The predicted octanol–water partition coefficient (Wildman–Crippen LogP) is 4.05. The van der Waals surface area contributed by atoms with Crippen molar-refractivity contribution in [2.24, 2.45) is 5.73 Å². The smallest absolute Gasteiger partial charge is 0.0947 e. The number of nitrogens with one attached hydrogen (secondary N) is 1. The molecule has 3 aromatic rings. The van der Waals surface area contributed by atoms with Crippen LogP contribution in [0.3, 0.4) is 0 Å². The molecule has 0 radical (unpaired) electrons. The van der Waals surface area contributed by atoms with E-state index in [9.17, 15) is 0 Å². The van der Waals surface area contributed by atoms with E-state index in [0.29, 0.717) is 11.6 Å². The number of nitrogens with zero attached hydrogens (tertiary/aromatic N) is 1. The molecule has 0 saturated carbocycles. The molecule has 1 atom stereocenters. The minimum absolute atomic E-state index is 0.193. The van der Waals surface area contributed by atoms with Gasteiger partial charge < -0.3 is 15.5 Å². The summed E-state index contributed by atoms with van der Waals surface area (Å²) < 4.78 is 5.10. The molecule has 0 amide bonds. The Morgan fingerprint density at radius 2 is 2.13 bits per heavy atom. The van der Waals surface area contributed by atoms with Gasteiger partial charge in [-0.2, -0.15) is 0 Å². The zero-order valence-corrected chi connectivity index (χ0v) is 14.0. The molecule has 3 N–H and O–H groups in total. The third-order valence-corrected chi connectivity index (χ3v) is 4.41. The maximum absolute atomic E-state index is 6.57. The van der Waals surface area contributed by atoms with Crippen molar-refractivity contribution in [1.82, 2.24) is 10.3 Å². The van der Waals surface area contributed by atoms with Crippen LogP contribution in [-0.2, 0) is 6.54 Å². The van der Waals surface area contributed by atoms with E-state index < -0.39 is 0 Å². The number of fused-ring (bicyclic) bond motifs is 1. The summed E-state index contributed by atoms with van der Waals surface area (Å²) in [4.78, 5) is 4.38. The maximum Gasteiger partial charge on any atom is 0.0947 e. The van der Waals surface area contributed by atoms with Crippen LogP contribution in [0.25, 0.3) is 10.9 Å². The van der Waals surface area contributed by atoms with Gasteiger partial charge in [0.05, 0.1) is 18.0 Å². The molecule has 120 valence electrons. The Kier molecular flexibility index (Phi) is 4.39. The molecule has 0 spiro atoms. The standard InChI is InChI=1S/C18H20ClN3O/c1-18(2,22-10-12-6-8-23-11-12)17(20)15-5-7-21-16-9-13(19)3-4-14(15)16/h3-9,11,17,22H,10,20H2,1-2H3. The van der Waals surface area contributed by atoms with Crippen molar-refractivity contribution in [2.45, 2.75) is 32.0 Å². The third-order valence-electron chi connectivity index (χ3n) is 4.18. The molecule has 0 saturated heterocycles. The Labute approximate surface area is 140 Å². The van der Waals surface area contributed by atoms with Crippen LogP contribution in [0.5, 0.6) is 0 Å². The van der Waals surface area contributed by atoms with E-state index >= 15 is 0 Å². The zero-order chi connectivity index (χ0) is 16.4. The van der Waals surface area contributed by atoms with E-state index in [-0.39, 0.29) is 11.6 Å². The van der Waals surface area contributed by atoms with Crippen LogP contribution < -0.4 is 11.1 Å². The van der Waals surface area contributed by atoms with Gasteiger partial charge >= 0.3 is 0 Å². The summed E-state index contributed by atoms with van der Waals surface area (Å²) in [5.74, 6) is 0. The summed E-state index contributed by atoms with van der Waals surface area (Å²) in [7, 11) is 0. The molecule has 0 bridgehead atoms. The highest BCUT2D eigenvalue weighted by molar-refractivity contribution is 6.31. The normalized spacial score (nSPS) is 13.4. The maximum atomic E-state index is 6.57. The van der Waals surface area contributed by atoms with Crippen LogP contribution in [0.15, 0.2) is 53.5 Å². The largest absolute Gasteiger partial charge is 0.472 e. The molecule has 0 fully saturated rings. The van der Waals surface area contributed by atoms with Gasteiger partial charge in [0.1, 0.15) is 0 Å². The number of hydrogen-bond donors (Lipinski definition) is 2. The van der Waals surface area contributed by atoms with Crippen molar-refractivity contribution in [3.8, 4) is 0 Å². The second kappa shape index (κ2) is 6.32. The van der Waals surface area contributed by atoms with Crippen LogP contribution in [-0.4, -0.2) is 10.5 Å². The van der Waals surface area contributed by atoms with E-state index in [4.69, 9.17) is 21.8 Å². The van der Waals surface area contributed by atoms with Crippen molar-refractivity contribution in [3.05, 3.63) is 65.2 Å². The number of halogens is 1. The Morgan fingerprint density at radius 3 is 2.87 bits per heavy atom. The van der Waals surface area contributed by atoms with Crippen LogP contribution in [0.1, 0.15) is 31.0 Å². The molecule has 3 rings (SSSR count). The molecule has 1 unspecified atom stereocenters. The molecule has 4 nitrogen and oxygen atoms in total. The molecule has 23 heavy (non-hydrogen) atoms. The second-order valence-corrected chi connectivity index (χ2v) is 6.68. The number of hydrogen-bond acceptors (Lipinski definition) is 4. The minimum atomic E-state index is -0.300. The first-order chi connectivity index (χ1) is 11.0. The van der Waals surface area contributed by atoms with Gasteiger partial charge in [-0.3, -0.25) is 4.98 Å². The summed E-state index contributed by atoms with van der Waals surface area (Å²) >= 11 is 6.05. The van der Waals surface area contributed by atoms with E-state index in [1.807, 2.05) is 30.3 Å². The summed E-state index contributed by atoms with van der Waals surface area (Å²) in [6.07, 6.45) is 5.18. The summed E-state index contributed by atoms with van der Waals surface area (Å²) in [6, 6.07) is 9.43. The summed E-state index contributed by atoms with van der Waals surface area (Å²) in [5, 5.41) is 5.21. The number of pyridine rings is 1. The van der Waals surface area contributed by atoms with Crippen LogP contribution in [0.2, 0.25) is 5.02 Å². The van der Waals surface area contributed by atoms with Gasteiger partial charge in [0.15, 0.2) is 0 Å². The van der Waals surface area contributed by atoms with Crippen molar-refractivity contribution in [3.63, 3.8) is 0 Å². The van der Waals surface area contributed by atoms with Crippen molar-refractivity contribution in [2.75, 3.05) is 0 Å². The van der Waals surface area contributed by atoms with Gasteiger partial charge in [-0.25, -0.2) is 0 Å². The highest BCUT2D eigenvalue weighted by atomic mass is 35.5. The van der Waals surface area contributed by atoms with Crippen molar-refractivity contribution in [1.29, 1.82) is 0 Å². The molecule has 2 heterocycles. The number of benzene rings is 1. The van der Waals surface area contributed by atoms with E-state index in [2.05, 4.69) is 24.1 Å². The van der Waals surface area contributed by atoms with E-state index in [0.717, 1.165) is 22.0 Å². The highest BCUT2D eigenvalue weighted by Gasteiger charge is 2.28. The lowest BCUT2D eigenvalue weighted by atomic mass is 9.87. The first-order valence-electron chi connectivity index (χ1n) is 7.53. The minimum Gasteiger partial charge on any atom is -0.472 e. The fraction of sp³-hybridized carbons (Fsp3) is 0.278. The molecule has 1 aromatic carbocycles. The van der Waals surface area contributed by atoms with Gasteiger partial charge in [0, 0.05) is 40.3 Å². The topological polar surface area (TPSA) is 64.1 Å². The van der Waals surface area contributed by atoms with Gasteiger partial charge in [-0.1, -0.05) is 17.7 Å². The zero-order valence-electron chi connectivity index (χ0n) is 13.2. The summed E-state index contributed by atoms with van der Waals surface area (Å²) in [5.41, 5.74) is 9.27. The first kappa shape index (κ1) is 16.0. The molecule has 0 aliphatic rings. The van der Waals surface area contributed by atoms with E-state index in [1.54, 1.807) is 18.7 Å². The highest BCUT2D eigenvalue weighted by Crippen LogP contribution is 2.30. The van der Waals surface area contributed by atoms with Crippen LogP contribution in [0.4, 0.5) is 0 Å². The average molecular weight is 330 g/mol. The average Bonchev–Trinajstić information content (AvgIpc) is 3.05. The van der Waals surface area contributed by atoms with Gasteiger partial charge in [-0.05, 0) is 43.7 Å². The van der Waals surface area contributed by atoms with Gasteiger partial charge in [0.25, 0.3) is 0 Å². The molecule has 0 aliphatic heterocycles. The SMILES string of the molecule is CC(C)(NCc1ccoc1)C(N)c1ccnc2cc(Cl)ccc12. The van der Waals surface area contributed by atoms with Gasteiger partial charge in [-0.15, -0.1) is 0 Å². The predicted molar refractivity (Wildman–Crippen MR) is 93.3 cm³/mol. The third kappa shape index (κ3) is 3.39. The fourth-order valence-electron chi connectivity index (χ4n) is 2.64. The lowest BCUT2D eigenvalue weighted by molar-refractivity contribution is 0.321. The molecular formula is C18H20ClN3O. The van der Waals surface area contributed by atoms with Crippen LogP contribution in [0, 0.1) is 0 Å². The second-order valence-electron chi connectivity index (χ2n) is 6.25. The lowest BCUT2D eigenvalue weighted by Crippen LogP contribution is -2.47. The number of nitrogens with two attached hydrogens (primary N) is 1. The van der Waals surface area contributed by atoms with Gasteiger partial charge in [0.2, 0.25) is 0 Å². The Hall–Kier alpha value is -1.88. The van der Waals surface area contributed by atoms with Crippen LogP contribution >= 0.6 is 11.6 Å². The van der Waals surface area contributed by atoms with E-state index in [1.165, 1.54) is 0 Å². The quantitative estimate of drug-likeness (QED) is 0.741. The molecule has 5 heteroatoms. The number of furan rings is 1. The number of aromatic nitrogens is 1. The summed E-state index contributed by atoms with van der Waals surface area (Å²) in [6.45, 7) is 4.89. The molecule has 2 aromatic heterocycles. The molecule has 0 aliphatic carbocycles. The Bertz CT molecular complexity index is 799. The number of rotatable bonds is 5.